The number of carbonyl (C=O) groups is 1. The van der Waals surface area contributed by atoms with Gasteiger partial charge in [0.05, 0.1) is 17.1 Å². The maximum absolute atomic E-state index is 14.3. The fraction of sp³-hybridized carbons (Fsp3) is 0.500. The standard InChI is InChI=1S/C18H21F3N4O/c1-17(2,3)25-12-7-10(9-22)6-11(19)14(12)24-16(25)23-13(26)8-18(4,5)15(20)21/h6-7,15H,8H2,1-5H3,(H,23,24,26). The fourth-order valence-electron chi connectivity index (χ4n) is 2.62. The average Bonchev–Trinajstić information content (AvgIpc) is 2.84. The van der Waals surface area contributed by atoms with Gasteiger partial charge in [0.15, 0.2) is 5.82 Å². The quantitative estimate of drug-likeness (QED) is 0.871. The lowest BCUT2D eigenvalue weighted by atomic mass is 9.89. The minimum atomic E-state index is -2.66. The lowest BCUT2D eigenvalue weighted by Crippen LogP contribution is -2.30. The Labute approximate surface area is 149 Å². The largest absolute Gasteiger partial charge is 0.304 e. The highest BCUT2D eigenvalue weighted by atomic mass is 19.3. The SMILES string of the molecule is CC(C)(CC(=O)Nc1nc2c(F)cc(C#N)cc2n1C(C)(C)C)C(F)F. The molecule has 0 aliphatic rings. The van der Waals surface area contributed by atoms with Crippen LogP contribution in [0.4, 0.5) is 19.1 Å². The molecule has 1 heterocycles. The maximum atomic E-state index is 14.3. The van der Waals surface area contributed by atoms with Gasteiger partial charge in [-0.15, -0.1) is 0 Å². The van der Waals surface area contributed by atoms with Gasteiger partial charge in [0, 0.05) is 17.4 Å². The van der Waals surface area contributed by atoms with E-state index in [1.165, 1.54) is 19.9 Å². The molecule has 140 valence electrons. The average molecular weight is 366 g/mol. The molecule has 0 spiro atoms. The number of nitrogens with zero attached hydrogens (tertiary/aromatic N) is 3. The number of nitrogens with one attached hydrogen (secondary N) is 1. The Hall–Kier alpha value is -2.56. The molecule has 0 fully saturated rings. The number of anilines is 1. The van der Waals surface area contributed by atoms with Crippen LogP contribution >= 0.6 is 0 Å². The summed E-state index contributed by atoms with van der Waals surface area (Å²) in [5, 5.41) is 11.6. The first-order valence-corrected chi connectivity index (χ1v) is 8.07. The van der Waals surface area contributed by atoms with Crippen LogP contribution in [0, 0.1) is 22.6 Å². The molecule has 5 nitrogen and oxygen atoms in total. The predicted octanol–water partition coefficient (Wildman–Crippen LogP) is 4.42. The predicted molar refractivity (Wildman–Crippen MR) is 92.4 cm³/mol. The van der Waals surface area contributed by atoms with E-state index in [4.69, 9.17) is 5.26 Å². The molecule has 0 bridgehead atoms. The number of rotatable bonds is 4. The fourth-order valence-corrected chi connectivity index (χ4v) is 2.62. The Kier molecular flexibility index (Phi) is 5.04. The normalized spacial score (nSPS) is 12.5. The molecule has 0 radical (unpaired) electrons. The number of hydrogen-bond acceptors (Lipinski definition) is 3. The smallest absolute Gasteiger partial charge is 0.244 e. The molecular weight excluding hydrogens is 345 g/mol. The van der Waals surface area contributed by atoms with Gasteiger partial charge in [-0.05, 0) is 32.9 Å². The molecule has 0 saturated heterocycles. The molecule has 1 aromatic carbocycles. The number of alkyl halides is 2. The Morgan fingerprint density at radius 2 is 1.92 bits per heavy atom. The van der Waals surface area contributed by atoms with Gasteiger partial charge >= 0.3 is 0 Å². The Balaban J connectivity index is 2.52. The molecule has 0 saturated carbocycles. The number of hydrogen-bond donors (Lipinski definition) is 1. The van der Waals surface area contributed by atoms with Crippen molar-refractivity contribution in [1.82, 2.24) is 9.55 Å². The Morgan fingerprint density at radius 3 is 2.42 bits per heavy atom. The summed E-state index contributed by atoms with van der Waals surface area (Å²) in [6.45, 7) is 8.06. The number of aromatic nitrogens is 2. The molecular formula is C18H21F3N4O. The van der Waals surface area contributed by atoms with Crippen molar-refractivity contribution in [3.05, 3.63) is 23.5 Å². The zero-order chi connectivity index (χ0) is 19.9. The van der Waals surface area contributed by atoms with Crippen molar-refractivity contribution in [3.63, 3.8) is 0 Å². The molecule has 8 heteroatoms. The zero-order valence-electron chi connectivity index (χ0n) is 15.3. The van der Waals surface area contributed by atoms with E-state index >= 15 is 0 Å². The van der Waals surface area contributed by atoms with Gasteiger partial charge in [-0.3, -0.25) is 10.1 Å². The highest BCUT2D eigenvalue weighted by Crippen LogP contribution is 2.32. The number of amides is 1. The summed E-state index contributed by atoms with van der Waals surface area (Å²) >= 11 is 0. The molecule has 2 rings (SSSR count). The molecule has 2 aromatic rings. The molecule has 0 aliphatic carbocycles. The van der Waals surface area contributed by atoms with Crippen LogP contribution in [0.2, 0.25) is 0 Å². The minimum absolute atomic E-state index is 0.00217. The summed E-state index contributed by atoms with van der Waals surface area (Å²) in [4.78, 5) is 16.4. The van der Waals surface area contributed by atoms with E-state index in [1.54, 1.807) is 4.57 Å². The molecule has 26 heavy (non-hydrogen) atoms. The maximum Gasteiger partial charge on any atom is 0.244 e. The summed E-state index contributed by atoms with van der Waals surface area (Å²) in [5.41, 5.74) is -1.63. The third kappa shape index (κ3) is 3.82. The molecule has 0 unspecified atom stereocenters. The van der Waals surface area contributed by atoms with E-state index in [-0.39, 0.29) is 17.0 Å². The van der Waals surface area contributed by atoms with Crippen molar-refractivity contribution in [2.24, 2.45) is 5.41 Å². The van der Waals surface area contributed by atoms with E-state index < -0.39 is 35.5 Å². The van der Waals surface area contributed by atoms with Gasteiger partial charge in [0.25, 0.3) is 0 Å². The highest BCUT2D eigenvalue weighted by molar-refractivity contribution is 5.92. The van der Waals surface area contributed by atoms with Crippen LogP contribution in [0.3, 0.4) is 0 Å². The second kappa shape index (κ2) is 6.63. The first-order valence-electron chi connectivity index (χ1n) is 8.07. The van der Waals surface area contributed by atoms with Crippen LogP contribution in [-0.4, -0.2) is 21.9 Å². The number of benzene rings is 1. The highest BCUT2D eigenvalue weighted by Gasteiger charge is 2.33. The van der Waals surface area contributed by atoms with E-state index in [9.17, 15) is 18.0 Å². The van der Waals surface area contributed by atoms with Gasteiger partial charge in [-0.2, -0.15) is 5.26 Å². The van der Waals surface area contributed by atoms with Crippen LogP contribution in [-0.2, 0) is 10.3 Å². The Bertz CT molecular complexity index is 888. The second-order valence-electron chi connectivity index (χ2n) is 7.89. The number of fused-ring (bicyclic) bond motifs is 1. The van der Waals surface area contributed by atoms with Crippen LogP contribution in [0.1, 0.15) is 46.6 Å². The van der Waals surface area contributed by atoms with Crippen molar-refractivity contribution >= 4 is 22.9 Å². The van der Waals surface area contributed by atoms with Gasteiger partial charge in [-0.1, -0.05) is 13.8 Å². The third-order valence-corrected chi connectivity index (χ3v) is 3.97. The van der Waals surface area contributed by atoms with Gasteiger partial charge in [0.2, 0.25) is 18.3 Å². The van der Waals surface area contributed by atoms with Crippen molar-refractivity contribution in [1.29, 1.82) is 5.26 Å². The van der Waals surface area contributed by atoms with Crippen LogP contribution in [0.5, 0.6) is 0 Å². The topological polar surface area (TPSA) is 70.7 Å². The molecule has 1 N–H and O–H groups in total. The molecule has 1 amide bonds. The third-order valence-electron chi connectivity index (χ3n) is 3.97. The van der Waals surface area contributed by atoms with Crippen molar-refractivity contribution in [2.75, 3.05) is 5.32 Å². The molecule has 1 aromatic heterocycles. The number of halogens is 3. The van der Waals surface area contributed by atoms with E-state index in [0.29, 0.717) is 5.52 Å². The number of carbonyl (C=O) groups excluding carboxylic acids is 1. The monoisotopic (exact) mass is 366 g/mol. The van der Waals surface area contributed by atoms with E-state index in [1.807, 2.05) is 26.8 Å². The minimum Gasteiger partial charge on any atom is -0.304 e. The molecule has 0 aliphatic heterocycles. The number of imidazole rings is 1. The zero-order valence-corrected chi connectivity index (χ0v) is 15.3. The van der Waals surface area contributed by atoms with Gasteiger partial charge < -0.3 is 4.57 Å². The van der Waals surface area contributed by atoms with Crippen molar-refractivity contribution in [3.8, 4) is 6.07 Å². The summed E-state index contributed by atoms with van der Waals surface area (Å²) < 4.78 is 41.9. The van der Waals surface area contributed by atoms with Crippen LogP contribution in [0.25, 0.3) is 11.0 Å². The summed E-state index contributed by atoms with van der Waals surface area (Å²) in [6, 6.07) is 4.43. The lowest BCUT2D eigenvalue weighted by molar-refractivity contribution is -0.120. The molecule has 0 atom stereocenters. The first-order chi connectivity index (χ1) is 11.9. The lowest BCUT2D eigenvalue weighted by Gasteiger charge is -2.26. The first kappa shape index (κ1) is 19.8. The van der Waals surface area contributed by atoms with E-state index in [0.717, 1.165) is 6.07 Å². The Morgan fingerprint density at radius 1 is 1.31 bits per heavy atom. The van der Waals surface area contributed by atoms with E-state index in [2.05, 4.69) is 10.3 Å². The van der Waals surface area contributed by atoms with Gasteiger partial charge in [0.1, 0.15) is 5.52 Å². The second-order valence-corrected chi connectivity index (χ2v) is 7.89. The summed E-state index contributed by atoms with van der Waals surface area (Å²) in [6.07, 6.45) is -3.07. The van der Waals surface area contributed by atoms with Crippen molar-refractivity contribution < 1.29 is 18.0 Å². The van der Waals surface area contributed by atoms with Crippen molar-refractivity contribution in [2.45, 2.75) is 53.0 Å². The number of nitriles is 1. The summed E-state index contributed by atoms with van der Waals surface area (Å²) in [7, 11) is 0. The van der Waals surface area contributed by atoms with Crippen LogP contribution in [0.15, 0.2) is 12.1 Å². The van der Waals surface area contributed by atoms with Crippen LogP contribution < -0.4 is 5.32 Å². The van der Waals surface area contributed by atoms with Gasteiger partial charge in [-0.25, -0.2) is 18.2 Å². The summed E-state index contributed by atoms with van der Waals surface area (Å²) in [5.74, 6) is -1.28.